The van der Waals surface area contributed by atoms with Gasteiger partial charge in [0.15, 0.2) is 9.84 Å². The Labute approximate surface area is 111 Å². The van der Waals surface area contributed by atoms with Gasteiger partial charge in [0.25, 0.3) is 0 Å². The van der Waals surface area contributed by atoms with Gasteiger partial charge < -0.3 is 5.11 Å². The molecule has 4 nitrogen and oxygen atoms in total. The van der Waals surface area contributed by atoms with Crippen LogP contribution in [0.1, 0.15) is 13.8 Å². The number of sulfone groups is 1. The Hall–Kier alpha value is -1.01. The summed E-state index contributed by atoms with van der Waals surface area (Å²) < 4.78 is 23.2. The fourth-order valence-electron chi connectivity index (χ4n) is 1.46. The summed E-state index contributed by atoms with van der Waals surface area (Å²) in [7, 11) is -3.34. The first-order valence-electron chi connectivity index (χ1n) is 5.42. The van der Waals surface area contributed by atoms with Crippen LogP contribution in [-0.4, -0.2) is 31.0 Å². The maximum Gasteiger partial charge on any atom is 0.317 e. The topological polar surface area (TPSA) is 71.4 Å². The van der Waals surface area contributed by atoms with E-state index in [1.165, 1.54) is 6.07 Å². The number of carbonyl (C=O) groups is 1. The first-order valence-corrected chi connectivity index (χ1v) is 8.19. The van der Waals surface area contributed by atoms with Crippen molar-refractivity contribution in [2.75, 3.05) is 6.26 Å². The van der Waals surface area contributed by atoms with Gasteiger partial charge in [-0.25, -0.2) is 8.42 Å². The standard InChI is InChI=1S/C12H16O4S2/c1-8(2)11(12(13)14)17-9-6-4-5-7-10(9)18(3,15)16/h4-8,11H,1-3H3,(H,13,14). The van der Waals surface area contributed by atoms with Crippen molar-refractivity contribution < 1.29 is 18.3 Å². The van der Waals surface area contributed by atoms with Crippen LogP contribution in [0.15, 0.2) is 34.1 Å². The minimum Gasteiger partial charge on any atom is -0.480 e. The van der Waals surface area contributed by atoms with Crippen molar-refractivity contribution in [2.45, 2.75) is 28.9 Å². The van der Waals surface area contributed by atoms with Gasteiger partial charge in [-0.05, 0) is 18.1 Å². The second-order valence-electron chi connectivity index (χ2n) is 4.34. The fraction of sp³-hybridized carbons (Fsp3) is 0.417. The first kappa shape index (κ1) is 15.0. The van der Waals surface area contributed by atoms with Crippen molar-refractivity contribution in [3.05, 3.63) is 24.3 Å². The minimum absolute atomic E-state index is 0.0832. The Bertz CT molecular complexity index is 535. The molecule has 0 bridgehead atoms. The van der Waals surface area contributed by atoms with Gasteiger partial charge in [0.05, 0.1) is 4.90 Å². The zero-order valence-electron chi connectivity index (χ0n) is 10.5. The lowest BCUT2D eigenvalue weighted by atomic mass is 10.1. The SMILES string of the molecule is CC(C)C(Sc1ccccc1S(C)(=O)=O)C(=O)O. The first-order chi connectivity index (χ1) is 8.23. The maximum absolute atomic E-state index is 11.6. The Morgan fingerprint density at radius 1 is 1.28 bits per heavy atom. The summed E-state index contributed by atoms with van der Waals surface area (Å²) in [5, 5.41) is 8.47. The van der Waals surface area contributed by atoms with Crippen molar-refractivity contribution in [2.24, 2.45) is 5.92 Å². The summed E-state index contributed by atoms with van der Waals surface area (Å²) in [4.78, 5) is 11.8. The third-order valence-corrected chi connectivity index (χ3v) is 5.25. The van der Waals surface area contributed by atoms with Crippen molar-refractivity contribution in [3.8, 4) is 0 Å². The lowest BCUT2D eigenvalue weighted by Gasteiger charge is -2.17. The van der Waals surface area contributed by atoms with Crippen LogP contribution < -0.4 is 0 Å². The predicted octanol–water partition coefficient (Wildman–Crippen LogP) is 2.29. The molecule has 0 radical (unpaired) electrons. The Morgan fingerprint density at radius 2 is 1.83 bits per heavy atom. The lowest BCUT2D eigenvalue weighted by Crippen LogP contribution is -2.22. The highest BCUT2D eigenvalue weighted by atomic mass is 32.2. The van der Waals surface area contributed by atoms with E-state index in [-0.39, 0.29) is 10.8 Å². The smallest absolute Gasteiger partial charge is 0.317 e. The molecule has 1 aromatic rings. The van der Waals surface area contributed by atoms with E-state index in [4.69, 9.17) is 5.11 Å². The molecular weight excluding hydrogens is 272 g/mol. The summed E-state index contributed by atoms with van der Waals surface area (Å²) in [5.74, 6) is -1.02. The Balaban J connectivity index is 3.15. The molecule has 0 aliphatic heterocycles. The maximum atomic E-state index is 11.6. The number of carboxylic acid groups (broad SMARTS) is 1. The van der Waals surface area contributed by atoms with Crippen LogP contribution in [0.3, 0.4) is 0 Å². The summed E-state index contributed by atoms with van der Waals surface area (Å²) in [6.07, 6.45) is 1.12. The van der Waals surface area contributed by atoms with Gasteiger partial charge in [0, 0.05) is 11.2 Å². The normalized spacial score (nSPS) is 13.6. The molecule has 0 aliphatic carbocycles. The van der Waals surface area contributed by atoms with E-state index in [2.05, 4.69) is 0 Å². The van der Waals surface area contributed by atoms with Crippen LogP contribution in [0.5, 0.6) is 0 Å². The summed E-state index contributed by atoms with van der Waals surface area (Å²) in [6, 6.07) is 6.47. The van der Waals surface area contributed by atoms with E-state index in [0.29, 0.717) is 4.90 Å². The molecule has 1 aromatic carbocycles. The molecule has 1 unspecified atom stereocenters. The van der Waals surface area contributed by atoms with E-state index in [1.807, 2.05) is 0 Å². The second kappa shape index (κ2) is 5.75. The number of aliphatic carboxylic acids is 1. The number of benzene rings is 1. The molecule has 0 aliphatic rings. The molecule has 100 valence electrons. The van der Waals surface area contributed by atoms with Crippen molar-refractivity contribution in [1.82, 2.24) is 0 Å². The highest BCUT2D eigenvalue weighted by Crippen LogP contribution is 2.33. The quantitative estimate of drug-likeness (QED) is 0.842. The van der Waals surface area contributed by atoms with Crippen LogP contribution in [0, 0.1) is 5.92 Å². The summed E-state index contributed by atoms with van der Waals surface area (Å²) >= 11 is 1.08. The molecule has 0 heterocycles. The molecule has 0 spiro atoms. The number of hydrogen-bond acceptors (Lipinski definition) is 4. The highest BCUT2D eigenvalue weighted by Gasteiger charge is 2.25. The zero-order chi connectivity index (χ0) is 13.9. The molecule has 0 amide bonds. The van der Waals surface area contributed by atoms with E-state index < -0.39 is 21.1 Å². The van der Waals surface area contributed by atoms with Crippen LogP contribution in [-0.2, 0) is 14.6 Å². The molecular formula is C12H16O4S2. The molecule has 0 saturated heterocycles. The fourth-order valence-corrected chi connectivity index (χ4v) is 3.81. The third-order valence-electron chi connectivity index (χ3n) is 2.35. The van der Waals surface area contributed by atoms with Crippen LogP contribution in [0.2, 0.25) is 0 Å². The van der Waals surface area contributed by atoms with Gasteiger partial charge in [-0.1, -0.05) is 26.0 Å². The van der Waals surface area contributed by atoms with Gasteiger partial charge >= 0.3 is 5.97 Å². The molecule has 0 fully saturated rings. The van der Waals surface area contributed by atoms with Gasteiger partial charge in [0.2, 0.25) is 0 Å². The predicted molar refractivity (Wildman–Crippen MR) is 71.7 cm³/mol. The third kappa shape index (κ3) is 3.74. The number of rotatable bonds is 5. The monoisotopic (exact) mass is 288 g/mol. The van der Waals surface area contributed by atoms with Gasteiger partial charge in [-0.3, -0.25) is 4.79 Å². The van der Waals surface area contributed by atoms with Crippen LogP contribution in [0.25, 0.3) is 0 Å². The van der Waals surface area contributed by atoms with Gasteiger partial charge in [-0.2, -0.15) is 0 Å². The average Bonchev–Trinajstić information content (AvgIpc) is 2.24. The van der Waals surface area contributed by atoms with Crippen LogP contribution in [0.4, 0.5) is 0 Å². The van der Waals surface area contributed by atoms with E-state index >= 15 is 0 Å². The van der Waals surface area contributed by atoms with Crippen molar-refractivity contribution in [3.63, 3.8) is 0 Å². The number of carboxylic acids is 1. The Morgan fingerprint density at radius 3 is 2.28 bits per heavy atom. The van der Waals surface area contributed by atoms with Crippen molar-refractivity contribution >= 4 is 27.6 Å². The molecule has 1 rings (SSSR count). The molecule has 18 heavy (non-hydrogen) atoms. The van der Waals surface area contributed by atoms with Gasteiger partial charge in [-0.15, -0.1) is 11.8 Å². The van der Waals surface area contributed by atoms with E-state index in [9.17, 15) is 13.2 Å². The molecule has 1 atom stereocenters. The average molecular weight is 288 g/mol. The minimum atomic E-state index is -3.34. The molecule has 1 N–H and O–H groups in total. The molecule has 6 heteroatoms. The largest absolute Gasteiger partial charge is 0.480 e. The van der Waals surface area contributed by atoms with Gasteiger partial charge in [0.1, 0.15) is 5.25 Å². The molecule has 0 aromatic heterocycles. The van der Waals surface area contributed by atoms with E-state index in [0.717, 1.165) is 18.0 Å². The van der Waals surface area contributed by atoms with E-state index in [1.54, 1.807) is 32.0 Å². The Kier molecular flexibility index (Phi) is 4.81. The van der Waals surface area contributed by atoms with Crippen LogP contribution >= 0.6 is 11.8 Å². The lowest BCUT2D eigenvalue weighted by molar-refractivity contribution is -0.137. The second-order valence-corrected chi connectivity index (χ2v) is 7.51. The van der Waals surface area contributed by atoms with Crippen molar-refractivity contribution in [1.29, 1.82) is 0 Å². The summed E-state index contributed by atoms with van der Waals surface area (Å²) in [5.41, 5.74) is 0. The number of hydrogen-bond donors (Lipinski definition) is 1. The molecule has 0 saturated carbocycles. The zero-order valence-corrected chi connectivity index (χ0v) is 12.1. The number of thioether (sulfide) groups is 1. The summed E-state index contributed by atoms with van der Waals surface area (Å²) in [6.45, 7) is 3.60. The highest BCUT2D eigenvalue weighted by molar-refractivity contribution is 8.01.